The Kier molecular flexibility index (Phi) is 3.68. The minimum atomic E-state index is -1.02. The predicted molar refractivity (Wildman–Crippen MR) is 77.4 cm³/mol. The zero-order valence-corrected chi connectivity index (χ0v) is 12.2. The topological polar surface area (TPSA) is 57.8 Å². The summed E-state index contributed by atoms with van der Waals surface area (Å²) >= 11 is 0. The number of nitrogens with zero attached hydrogens (tertiary/aromatic N) is 1. The number of aromatic amines is 1. The van der Waals surface area contributed by atoms with Gasteiger partial charge in [0.1, 0.15) is 12.0 Å². The number of aryl methyl sites for hydroxylation is 1. The van der Waals surface area contributed by atoms with Crippen LogP contribution in [0.5, 0.6) is 0 Å². The standard InChI is InChI=1S/C16H17F2N3O/c1-10-6-12(21-20-10)7-15(22)19-16(8-11(17)9-16)13-4-2-3-5-14(13)18/h2-6,11H,7-9H2,1H3,(H,19,22)(H,20,21). The van der Waals surface area contributed by atoms with E-state index in [9.17, 15) is 13.6 Å². The number of alkyl halides is 1. The zero-order chi connectivity index (χ0) is 15.7. The highest BCUT2D eigenvalue weighted by molar-refractivity contribution is 5.79. The van der Waals surface area contributed by atoms with Gasteiger partial charge in [0, 0.05) is 24.1 Å². The van der Waals surface area contributed by atoms with E-state index in [0.717, 1.165) is 5.69 Å². The van der Waals surface area contributed by atoms with Crippen molar-refractivity contribution in [3.8, 4) is 0 Å². The van der Waals surface area contributed by atoms with E-state index in [2.05, 4.69) is 15.5 Å². The first-order valence-electron chi connectivity index (χ1n) is 7.19. The summed E-state index contributed by atoms with van der Waals surface area (Å²) in [5.41, 5.74) is 0.858. The first kappa shape index (κ1) is 14.7. The number of benzene rings is 1. The van der Waals surface area contributed by atoms with Gasteiger partial charge in [-0.1, -0.05) is 18.2 Å². The zero-order valence-electron chi connectivity index (χ0n) is 12.2. The van der Waals surface area contributed by atoms with Gasteiger partial charge in [0.25, 0.3) is 0 Å². The van der Waals surface area contributed by atoms with Crippen LogP contribution < -0.4 is 5.32 Å². The SMILES string of the molecule is Cc1cc(CC(=O)NC2(c3ccccc3F)CC(F)C2)n[nH]1. The maximum Gasteiger partial charge on any atom is 0.226 e. The van der Waals surface area contributed by atoms with Gasteiger partial charge in [0.05, 0.1) is 17.7 Å². The first-order valence-corrected chi connectivity index (χ1v) is 7.19. The highest BCUT2D eigenvalue weighted by Crippen LogP contribution is 2.44. The number of halogens is 2. The van der Waals surface area contributed by atoms with Gasteiger partial charge in [-0.25, -0.2) is 8.78 Å². The molecule has 4 nitrogen and oxygen atoms in total. The second kappa shape index (κ2) is 5.51. The average molecular weight is 305 g/mol. The molecule has 1 aromatic carbocycles. The van der Waals surface area contributed by atoms with Crippen molar-refractivity contribution in [1.29, 1.82) is 0 Å². The molecule has 2 aromatic rings. The molecule has 0 saturated heterocycles. The fraction of sp³-hybridized carbons (Fsp3) is 0.375. The minimum Gasteiger partial charge on any atom is -0.346 e. The molecule has 0 bridgehead atoms. The third-order valence-corrected chi connectivity index (χ3v) is 4.01. The molecule has 0 aliphatic heterocycles. The summed E-state index contributed by atoms with van der Waals surface area (Å²) in [6.45, 7) is 1.84. The van der Waals surface area contributed by atoms with E-state index in [-0.39, 0.29) is 25.2 Å². The average Bonchev–Trinajstić information content (AvgIpc) is 2.82. The quantitative estimate of drug-likeness (QED) is 0.912. The minimum absolute atomic E-state index is 0.0808. The molecule has 116 valence electrons. The number of hydrogen-bond acceptors (Lipinski definition) is 2. The molecule has 3 rings (SSSR count). The molecule has 1 aromatic heterocycles. The van der Waals surface area contributed by atoms with Gasteiger partial charge in [-0.2, -0.15) is 5.10 Å². The Hall–Kier alpha value is -2.24. The molecule has 1 amide bonds. The van der Waals surface area contributed by atoms with Crippen molar-refractivity contribution in [2.75, 3.05) is 0 Å². The third-order valence-electron chi connectivity index (χ3n) is 4.01. The summed E-state index contributed by atoms with van der Waals surface area (Å²) in [5.74, 6) is -0.716. The molecule has 0 atom stereocenters. The molecule has 0 radical (unpaired) electrons. The van der Waals surface area contributed by atoms with Gasteiger partial charge in [0.15, 0.2) is 0 Å². The molecule has 1 aliphatic rings. The Morgan fingerprint density at radius 2 is 2.18 bits per heavy atom. The first-order chi connectivity index (χ1) is 10.5. The summed E-state index contributed by atoms with van der Waals surface area (Å²) in [4.78, 5) is 12.2. The molecule has 6 heteroatoms. The van der Waals surface area contributed by atoms with Crippen LogP contribution in [-0.4, -0.2) is 22.3 Å². The molecule has 1 saturated carbocycles. The van der Waals surface area contributed by atoms with Gasteiger partial charge in [-0.05, 0) is 19.1 Å². The van der Waals surface area contributed by atoms with Crippen LogP contribution >= 0.6 is 0 Å². The van der Waals surface area contributed by atoms with Crippen LogP contribution in [-0.2, 0) is 16.8 Å². The second-order valence-corrected chi connectivity index (χ2v) is 5.83. The van der Waals surface area contributed by atoms with Crippen molar-refractivity contribution in [2.24, 2.45) is 0 Å². The fourth-order valence-electron chi connectivity index (χ4n) is 2.98. The molecule has 1 fully saturated rings. The van der Waals surface area contributed by atoms with Gasteiger partial charge >= 0.3 is 0 Å². The smallest absolute Gasteiger partial charge is 0.226 e. The predicted octanol–water partition coefficient (Wildman–Crippen LogP) is 2.54. The van der Waals surface area contributed by atoms with Crippen LogP contribution in [0.1, 0.15) is 29.8 Å². The number of hydrogen-bond donors (Lipinski definition) is 2. The second-order valence-electron chi connectivity index (χ2n) is 5.83. The Balaban J connectivity index is 1.77. The lowest BCUT2D eigenvalue weighted by Gasteiger charge is -2.45. The number of nitrogens with one attached hydrogen (secondary N) is 2. The van der Waals surface area contributed by atoms with Crippen LogP contribution in [0.4, 0.5) is 8.78 Å². The van der Waals surface area contributed by atoms with Gasteiger partial charge in [0.2, 0.25) is 5.91 Å². The fourth-order valence-corrected chi connectivity index (χ4v) is 2.98. The van der Waals surface area contributed by atoms with Crippen LogP contribution in [0, 0.1) is 12.7 Å². The van der Waals surface area contributed by atoms with Gasteiger partial charge < -0.3 is 5.32 Å². The van der Waals surface area contributed by atoms with Gasteiger partial charge in [-0.3, -0.25) is 9.89 Å². The van der Waals surface area contributed by atoms with E-state index >= 15 is 0 Å². The molecule has 2 N–H and O–H groups in total. The van der Waals surface area contributed by atoms with E-state index in [1.54, 1.807) is 24.3 Å². The number of rotatable bonds is 4. The number of carbonyl (C=O) groups excluding carboxylic acids is 1. The van der Waals surface area contributed by atoms with Crippen molar-refractivity contribution in [1.82, 2.24) is 15.5 Å². The Morgan fingerprint density at radius 3 is 2.77 bits per heavy atom. The van der Waals surface area contributed by atoms with Crippen molar-refractivity contribution >= 4 is 5.91 Å². The number of H-pyrrole nitrogens is 1. The van der Waals surface area contributed by atoms with E-state index in [0.29, 0.717) is 11.3 Å². The number of aromatic nitrogens is 2. The lowest BCUT2D eigenvalue weighted by atomic mass is 9.70. The Morgan fingerprint density at radius 1 is 1.45 bits per heavy atom. The lowest BCUT2D eigenvalue weighted by molar-refractivity contribution is -0.124. The Labute approximate surface area is 126 Å². The van der Waals surface area contributed by atoms with Crippen LogP contribution in [0.25, 0.3) is 0 Å². The van der Waals surface area contributed by atoms with Crippen LogP contribution in [0.15, 0.2) is 30.3 Å². The maximum atomic E-state index is 14.0. The molecule has 0 spiro atoms. The molecule has 22 heavy (non-hydrogen) atoms. The van der Waals surface area contributed by atoms with E-state index < -0.39 is 17.5 Å². The summed E-state index contributed by atoms with van der Waals surface area (Å²) in [7, 11) is 0. The number of carbonyl (C=O) groups is 1. The van der Waals surface area contributed by atoms with E-state index in [1.807, 2.05) is 6.92 Å². The maximum absolute atomic E-state index is 14.0. The summed E-state index contributed by atoms with van der Waals surface area (Å²) in [6, 6.07) is 7.96. The Bertz CT molecular complexity index is 692. The molecule has 0 unspecified atom stereocenters. The van der Waals surface area contributed by atoms with E-state index in [4.69, 9.17) is 0 Å². The largest absolute Gasteiger partial charge is 0.346 e. The monoisotopic (exact) mass is 305 g/mol. The van der Waals surface area contributed by atoms with Crippen LogP contribution in [0.3, 0.4) is 0 Å². The summed E-state index contributed by atoms with van der Waals surface area (Å²) in [5, 5.41) is 9.57. The van der Waals surface area contributed by atoms with Crippen molar-refractivity contribution in [3.63, 3.8) is 0 Å². The van der Waals surface area contributed by atoms with Crippen LogP contribution in [0.2, 0.25) is 0 Å². The van der Waals surface area contributed by atoms with Crippen molar-refractivity contribution in [3.05, 3.63) is 53.1 Å². The normalized spacial score (nSPS) is 23.9. The highest BCUT2D eigenvalue weighted by atomic mass is 19.1. The summed E-state index contributed by atoms with van der Waals surface area (Å²) in [6.07, 6.45) is -0.747. The van der Waals surface area contributed by atoms with E-state index in [1.165, 1.54) is 6.07 Å². The van der Waals surface area contributed by atoms with Crippen molar-refractivity contribution < 1.29 is 13.6 Å². The molecular formula is C16H17F2N3O. The molecule has 1 heterocycles. The third kappa shape index (κ3) is 2.73. The lowest BCUT2D eigenvalue weighted by Crippen LogP contribution is -2.56. The molecular weight excluding hydrogens is 288 g/mol. The van der Waals surface area contributed by atoms with Gasteiger partial charge in [-0.15, -0.1) is 0 Å². The highest BCUT2D eigenvalue weighted by Gasteiger charge is 2.48. The molecule has 1 aliphatic carbocycles. The van der Waals surface area contributed by atoms with Crippen molar-refractivity contribution in [2.45, 2.75) is 37.9 Å². The summed E-state index contributed by atoms with van der Waals surface area (Å²) < 4.78 is 27.4. The number of amides is 1.